The van der Waals surface area contributed by atoms with Gasteiger partial charge in [-0.2, -0.15) is 0 Å². The van der Waals surface area contributed by atoms with Crippen molar-refractivity contribution in [3.63, 3.8) is 0 Å². The zero-order valence-corrected chi connectivity index (χ0v) is 28.4. The van der Waals surface area contributed by atoms with Crippen molar-refractivity contribution in [3.8, 4) is 11.1 Å². The molecular weight excluding hydrogens is 627 g/mol. The lowest BCUT2D eigenvalue weighted by Gasteiger charge is -2.25. The molecule has 0 N–H and O–H groups in total. The summed E-state index contributed by atoms with van der Waals surface area (Å²) >= 11 is 0. The summed E-state index contributed by atoms with van der Waals surface area (Å²) in [5.41, 5.74) is 10.8. The highest BCUT2D eigenvalue weighted by atomic mass is 15.1. The minimum Gasteiger partial charge on any atom is -0.303 e. The van der Waals surface area contributed by atoms with Gasteiger partial charge in [0.05, 0.1) is 5.69 Å². The molecule has 0 fully saturated rings. The molecule has 3 aliphatic rings. The SMILES string of the molecule is c1c(N(c2cccc(C3=CC=Cc4ccccc4C3)c2)c2ccc3ccccc3c2)cc2c(c#1)=c1cccc3c1=c1ccccc1=c1cccc-3c1=2. The summed E-state index contributed by atoms with van der Waals surface area (Å²) in [6, 6.07) is 65.2. The third-order valence-electron chi connectivity index (χ3n) is 11.0. The fourth-order valence-corrected chi connectivity index (χ4v) is 8.65. The quantitative estimate of drug-likeness (QED) is 0.182. The molecular formula is C51H31N. The molecule has 0 spiro atoms. The molecule has 240 valence electrons. The van der Waals surface area contributed by atoms with Gasteiger partial charge in [0, 0.05) is 21.8 Å². The number of rotatable bonds is 4. The van der Waals surface area contributed by atoms with E-state index in [2.05, 4.69) is 193 Å². The highest BCUT2D eigenvalue weighted by Crippen LogP contribution is 2.38. The van der Waals surface area contributed by atoms with Crippen molar-refractivity contribution in [3.05, 3.63) is 240 Å². The summed E-state index contributed by atoms with van der Waals surface area (Å²) in [7, 11) is 0. The van der Waals surface area contributed by atoms with Gasteiger partial charge in [-0.1, -0.05) is 152 Å². The maximum Gasteiger partial charge on any atom is 0.0980 e. The van der Waals surface area contributed by atoms with Crippen molar-refractivity contribution >= 4 is 39.5 Å². The van der Waals surface area contributed by atoms with Crippen LogP contribution in [-0.2, 0) is 6.42 Å². The number of hydrogen-bond acceptors (Lipinski definition) is 1. The van der Waals surface area contributed by atoms with Gasteiger partial charge in [0.25, 0.3) is 0 Å². The van der Waals surface area contributed by atoms with Crippen LogP contribution in [0.2, 0.25) is 0 Å². The second kappa shape index (κ2) is 11.3. The number of hydrogen-bond donors (Lipinski definition) is 0. The van der Waals surface area contributed by atoms with Crippen LogP contribution in [0.5, 0.6) is 0 Å². The Kier molecular flexibility index (Phi) is 6.29. The van der Waals surface area contributed by atoms with E-state index < -0.39 is 0 Å². The maximum atomic E-state index is 3.75. The zero-order chi connectivity index (χ0) is 34.2. The largest absolute Gasteiger partial charge is 0.303 e. The van der Waals surface area contributed by atoms with Gasteiger partial charge >= 0.3 is 0 Å². The van der Waals surface area contributed by atoms with Gasteiger partial charge in [-0.15, -0.1) is 0 Å². The monoisotopic (exact) mass is 657 g/mol. The average Bonchev–Trinajstić information content (AvgIpc) is 3.49. The summed E-state index contributed by atoms with van der Waals surface area (Å²) < 4.78 is 0. The molecule has 11 rings (SSSR count). The Labute approximate surface area is 301 Å². The summed E-state index contributed by atoms with van der Waals surface area (Å²) in [4.78, 5) is 2.36. The standard InChI is InChI=1S/C51H31N/c1-3-13-35-29-36(16-7-15-33(35)11-1)38-17-8-18-39(31-38)52(40-26-25-34-12-2-4-14-37(34)30-40)41-27-28-43-46-22-10-23-47-48-24-9-21-45(51(48)49(43)32-41)42-19-5-6-20-44(42)50(46)47/h1-26,30-32H,29H2. The number of nitrogens with zero attached hydrogens (tertiary/aromatic N) is 1. The van der Waals surface area contributed by atoms with Crippen molar-refractivity contribution in [2.24, 2.45) is 0 Å². The molecule has 8 aromatic rings. The van der Waals surface area contributed by atoms with Crippen molar-refractivity contribution in [2.45, 2.75) is 6.42 Å². The van der Waals surface area contributed by atoms with Gasteiger partial charge < -0.3 is 4.90 Å². The van der Waals surface area contributed by atoms with E-state index in [0.717, 1.165) is 28.7 Å². The number of anilines is 3. The summed E-state index contributed by atoms with van der Waals surface area (Å²) in [5, 5.41) is 12.3. The number of fused-ring (bicyclic) bond motifs is 4. The van der Waals surface area contributed by atoms with E-state index in [0.29, 0.717) is 0 Å². The van der Waals surface area contributed by atoms with Gasteiger partial charge in [0.1, 0.15) is 0 Å². The molecule has 0 saturated carbocycles. The van der Waals surface area contributed by atoms with Gasteiger partial charge in [-0.3, -0.25) is 0 Å². The van der Waals surface area contributed by atoms with Gasteiger partial charge in [0.2, 0.25) is 0 Å². The molecule has 0 aromatic heterocycles. The Morgan fingerprint density at radius 3 is 2.10 bits per heavy atom. The maximum absolute atomic E-state index is 3.75. The Morgan fingerprint density at radius 1 is 0.481 bits per heavy atom. The fourth-order valence-electron chi connectivity index (χ4n) is 8.65. The predicted molar refractivity (Wildman–Crippen MR) is 212 cm³/mol. The Morgan fingerprint density at radius 2 is 1.19 bits per heavy atom. The smallest absolute Gasteiger partial charge is 0.0980 e. The van der Waals surface area contributed by atoms with Gasteiger partial charge in [-0.25, -0.2) is 0 Å². The van der Waals surface area contributed by atoms with Crippen molar-refractivity contribution in [1.82, 2.24) is 0 Å². The molecule has 0 unspecified atom stereocenters. The van der Waals surface area contributed by atoms with E-state index in [-0.39, 0.29) is 0 Å². The topological polar surface area (TPSA) is 3.24 Å². The second-order valence-electron chi connectivity index (χ2n) is 13.9. The fraction of sp³-hybridized carbons (Fsp3) is 0.0196. The van der Waals surface area contributed by atoms with Crippen molar-refractivity contribution in [2.75, 3.05) is 4.90 Å². The molecule has 0 atom stereocenters. The van der Waals surface area contributed by atoms with Crippen molar-refractivity contribution in [1.29, 1.82) is 0 Å². The minimum atomic E-state index is 0.878. The van der Waals surface area contributed by atoms with E-state index in [1.807, 2.05) is 0 Å². The van der Waals surface area contributed by atoms with Crippen LogP contribution in [0.1, 0.15) is 16.7 Å². The van der Waals surface area contributed by atoms with Gasteiger partial charge in [-0.05, 0) is 118 Å². The van der Waals surface area contributed by atoms with E-state index in [4.69, 9.17) is 0 Å². The van der Waals surface area contributed by atoms with E-state index >= 15 is 0 Å². The Balaban J connectivity index is 1.20. The Hall–Kier alpha value is -6.88. The van der Waals surface area contributed by atoms with E-state index in [9.17, 15) is 0 Å². The first kappa shape index (κ1) is 28.9. The lowest BCUT2D eigenvalue weighted by molar-refractivity contribution is 1.25. The van der Waals surface area contributed by atoms with Crippen LogP contribution in [0.4, 0.5) is 17.1 Å². The molecule has 3 aliphatic carbocycles. The van der Waals surface area contributed by atoms with E-state index in [1.54, 1.807) is 0 Å². The third kappa shape index (κ3) is 4.38. The third-order valence-corrected chi connectivity index (χ3v) is 11.0. The van der Waals surface area contributed by atoms with Crippen LogP contribution in [0, 0.1) is 53.9 Å². The van der Waals surface area contributed by atoms with Crippen LogP contribution < -0.4 is 4.90 Å². The molecule has 0 radical (unpaired) electrons. The van der Waals surface area contributed by atoms with Crippen LogP contribution in [0.15, 0.2) is 170 Å². The van der Waals surface area contributed by atoms with Crippen LogP contribution >= 0.6 is 0 Å². The number of benzene rings is 7. The molecule has 52 heavy (non-hydrogen) atoms. The highest BCUT2D eigenvalue weighted by Gasteiger charge is 2.18. The molecule has 8 aromatic carbocycles. The first-order valence-electron chi connectivity index (χ1n) is 18.0. The normalized spacial score (nSPS) is 12.8. The Bertz CT molecular complexity index is 3280. The van der Waals surface area contributed by atoms with Crippen LogP contribution in [0.25, 0.3) is 33.5 Å². The molecule has 0 aliphatic heterocycles. The van der Waals surface area contributed by atoms with Crippen LogP contribution in [0.3, 0.4) is 0 Å². The first-order valence-corrected chi connectivity index (χ1v) is 18.0. The summed E-state index contributed by atoms with van der Waals surface area (Å²) in [6.07, 6.45) is 7.55. The molecule has 1 heteroatoms. The summed E-state index contributed by atoms with van der Waals surface area (Å²) in [5.74, 6) is 0. The lowest BCUT2D eigenvalue weighted by atomic mass is 9.96. The average molecular weight is 658 g/mol. The molecule has 1 nitrogen and oxygen atoms in total. The lowest BCUT2D eigenvalue weighted by Crippen LogP contribution is -2.10. The zero-order valence-electron chi connectivity index (χ0n) is 28.4. The molecule has 0 heterocycles. The molecule has 0 saturated heterocycles. The highest BCUT2D eigenvalue weighted by molar-refractivity contribution is 5.89. The van der Waals surface area contributed by atoms with Crippen molar-refractivity contribution < 1.29 is 0 Å². The van der Waals surface area contributed by atoms with Crippen LogP contribution in [-0.4, -0.2) is 0 Å². The van der Waals surface area contributed by atoms with E-state index in [1.165, 1.54) is 80.7 Å². The minimum absolute atomic E-state index is 0.878. The predicted octanol–water partition coefficient (Wildman–Crippen LogP) is 12.0. The first-order chi connectivity index (χ1) is 25.8. The molecule has 0 amide bonds. The van der Waals surface area contributed by atoms with Gasteiger partial charge in [0.15, 0.2) is 0 Å². The second-order valence-corrected chi connectivity index (χ2v) is 13.9. The summed E-state index contributed by atoms with van der Waals surface area (Å²) in [6.45, 7) is 0. The molecule has 6 bridgehead atoms. The number of allylic oxidation sites excluding steroid dienone is 3.